The summed E-state index contributed by atoms with van der Waals surface area (Å²) >= 11 is 0. The number of amides is 1. The lowest BCUT2D eigenvalue weighted by Gasteiger charge is -2.31. The first-order valence-electron chi connectivity index (χ1n) is 10.0. The maximum Gasteiger partial charge on any atom is 0.315 e. The van der Waals surface area contributed by atoms with Crippen LogP contribution in [-0.2, 0) is 15.6 Å². The molecule has 0 spiro atoms. The SMILES string of the molecule is CN(CCCNC(=O)c1nc(CS(=O)(=O)c2ccccc2)no1)C1CCCCC1. The number of aromatic nitrogens is 2. The van der Waals surface area contributed by atoms with Gasteiger partial charge < -0.3 is 14.7 Å². The van der Waals surface area contributed by atoms with Gasteiger partial charge in [0.05, 0.1) is 4.90 Å². The van der Waals surface area contributed by atoms with Gasteiger partial charge in [0.25, 0.3) is 0 Å². The van der Waals surface area contributed by atoms with Crippen LogP contribution in [0.5, 0.6) is 0 Å². The quantitative estimate of drug-likeness (QED) is 0.621. The minimum atomic E-state index is -3.59. The maximum atomic E-state index is 12.4. The van der Waals surface area contributed by atoms with Gasteiger partial charge in [-0.1, -0.05) is 42.6 Å². The third kappa shape index (κ3) is 6.11. The molecule has 1 heterocycles. The molecule has 29 heavy (non-hydrogen) atoms. The van der Waals surface area contributed by atoms with Crippen molar-refractivity contribution in [1.82, 2.24) is 20.4 Å². The molecule has 8 nitrogen and oxygen atoms in total. The van der Waals surface area contributed by atoms with Crippen molar-refractivity contribution in [2.24, 2.45) is 0 Å². The van der Waals surface area contributed by atoms with Crippen LogP contribution in [0.15, 0.2) is 39.8 Å². The zero-order valence-corrected chi connectivity index (χ0v) is 17.5. The molecule has 1 saturated carbocycles. The van der Waals surface area contributed by atoms with Crippen LogP contribution in [0.4, 0.5) is 0 Å². The number of carbonyl (C=O) groups excluding carboxylic acids is 1. The fourth-order valence-electron chi connectivity index (χ4n) is 3.60. The normalized spacial score (nSPS) is 15.5. The summed E-state index contributed by atoms with van der Waals surface area (Å²) in [6, 6.07) is 8.69. The number of hydrogen-bond donors (Lipinski definition) is 1. The standard InChI is InChI=1S/C20H28N4O4S/c1-24(16-9-4-2-5-10-16)14-8-13-21-19(25)20-22-18(23-28-20)15-29(26,27)17-11-6-3-7-12-17/h3,6-7,11-12,16H,2,4-5,8-10,13-15H2,1H3,(H,21,25). The molecular formula is C20H28N4O4S. The van der Waals surface area contributed by atoms with Gasteiger partial charge >= 0.3 is 11.8 Å². The molecule has 0 bridgehead atoms. The number of benzene rings is 1. The number of hydrogen-bond acceptors (Lipinski definition) is 7. The second-order valence-corrected chi connectivity index (χ2v) is 9.46. The summed E-state index contributed by atoms with van der Waals surface area (Å²) in [5, 5.41) is 6.39. The molecule has 1 N–H and O–H groups in total. The van der Waals surface area contributed by atoms with E-state index in [0.717, 1.165) is 13.0 Å². The van der Waals surface area contributed by atoms with E-state index < -0.39 is 21.5 Å². The Bertz CT molecular complexity index is 892. The molecule has 0 radical (unpaired) electrons. The number of sulfone groups is 1. The Labute approximate surface area is 171 Å². The Balaban J connectivity index is 1.44. The van der Waals surface area contributed by atoms with E-state index in [-0.39, 0.29) is 16.6 Å². The van der Waals surface area contributed by atoms with Crippen molar-refractivity contribution in [1.29, 1.82) is 0 Å². The molecule has 1 aliphatic carbocycles. The second-order valence-electron chi connectivity index (χ2n) is 7.47. The first-order chi connectivity index (χ1) is 14.0. The van der Waals surface area contributed by atoms with Gasteiger partial charge in [-0.25, -0.2) is 8.42 Å². The predicted octanol–water partition coefficient (Wildman–Crippen LogP) is 2.43. The van der Waals surface area contributed by atoms with Crippen molar-refractivity contribution < 1.29 is 17.7 Å². The Hall–Kier alpha value is -2.26. The molecule has 2 aromatic rings. The van der Waals surface area contributed by atoms with Crippen LogP contribution in [0.3, 0.4) is 0 Å². The van der Waals surface area contributed by atoms with Crippen LogP contribution in [0.1, 0.15) is 55.0 Å². The Morgan fingerprint density at radius 3 is 2.66 bits per heavy atom. The first kappa shape index (κ1) is 21.4. The summed E-state index contributed by atoms with van der Waals surface area (Å²) in [4.78, 5) is 18.6. The van der Waals surface area contributed by atoms with E-state index >= 15 is 0 Å². The third-order valence-corrected chi connectivity index (χ3v) is 6.88. The molecule has 0 aliphatic heterocycles. The fraction of sp³-hybridized carbons (Fsp3) is 0.550. The number of nitrogens with zero attached hydrogens (tertiary/aromatic N) is 3. The molecule has 1 aromatic heterocycles. The summed E-state index contributed by atoms with van der Waals surface area (Å²) in [6.07, 6.45) is 7.25. The van der Waals surface area contributed by atoms with Gasteiger partial charge in [0, 0.05) is 12.6 Å². The Morgan fingerprint density at radius 1 is 1.21 bits per heavy atom. The largest absolute Gasteiger partial charge is 0.348 e. The molecule has 9 heteroatoms. The molecule has 0 atom stereocenters. The van der Waals surface area contributed by atoms with E-state index in [9.17, 15) is 13.2 Å². The van der Waals surface area contributed by atoms with Crippen molar-refractivity contribution in [2.75, 3.05) is 20.1 Å². The molecule has 1 aromatic carbocycles. The van der Waals surface area contributed by atoms with E-state index in [2.05, 4.69) is 27.4 Å². The third-order valence-electron chi connectivity index (χ3n) is 5.25. The van der Waals surface area contributed by atoms with Crippen LogP contribution in [-0.4, -0.2) is 55.5 Å². The summed E-state index contributed by atoms with van der Waals surface area (Å²) in [5.74, 6) is -1.15. The number of nitrogens with one attached hydrogen (secondary N) is 1. The highest BCUT2D eigenvalue weighted by molar-refractivity contribution is 7.90. The van der Waals surface area contributed by atoms with Crippen LogP contribution < -0.4 is 5.32 Å². The lowest BCUT2D eigenvalue weighted by atomic mass is 9.94. The van der Waals surface area contributed by atoms with Crippen molar-refractivity contribution in [3.05, 3.63) is 42.0 Å². The van der Waals surface area contributed by atoms with Gasteiger partial charge in [-0.05, 0) is 45.0 Å². The summed E-state index contributed by atoms with van der Waals surface area (Å²) in [6.45, 7) is 1.41. The monoisotopic (exact) mass is 420 g/mol. The smallest absolute Gasteiger partial charge is 0.315 e. The van der Waals surface area contributed by atoms with Gasteiger partial charge in [-0.15, -0.1) is 0 Å². The van der Waals surface area contributed by atoms with E-state index in [0.29, 0.717) is 12.6 Å². The van der Waals surface area contributed by atoms with Crippen LogP contribution in [0.25, 0.3) is 0 Å². The minimum Gasteiger partial charge on any atom is -0.348 e. The highest BCUT2D eigenvalue weighted by Crippen LogP contribution is 2.21. The molecule has 1 amide bonds. The fourth-order valence-corrected chi connectivity index (χ4v) is 4.79. The average molecular weight is 421 g/mol. The first-order valence-corrected chi connectivity index (χ1v) is 11.7. The van der Waals surface area contributed by atoms with Crippen LogP contribution >= 0.6 is 0 Å². The summed E-state index contributed by atoms with van der Waals surface area (Å²) < 4.78 is 29.7. The van der Waals surface area contributed by atoms with E-state index in [4.69, 9.17) is 4.52 Å². The zero-order chi connectivity index (χ0) is 20.7. The minimum absolute atomic E-state index is 0.0314. The van der Waals surface area contributed by atoms with E-state index in [1.807, 2.05) is 0 Å². The molecule has 0 saturated heterocycles. The topological polar surface area (TPSA) is 105 Å². The van der Waals surface area contributed by atoms with E-state index in [1.54, 1.807) is 18.2 Å². The van der Waals surface area contributed by atoms with Gasteiger partial charge in [0.2, 0.25) is 0 Å². The molecule has 1 aliphatic rings. The number of carbonyl (C=O) groups is 1. The van der Waals surface area contributed by atoms with E-state index in [1.165, 1.54) is 44.2 Å². The molecule has 158 valence electrons. The van der Waals surface area contributed by atoms with Gasteiger partial charge in [-0.2, -0.15) is 4.98 Å². The molecular weight excluding hydrogens is 392 g/mol. The van der Waals surface area contributed by atoms with Gasteiger partial charge in [0.15, 0.2) is 15.7 Å². The summed E-state index contributed by atoms with van der Waals surface area (Å²) in [5.41, 5.74) is 0. The summed E-state index contributed by atoms with van der Waals surface area (Å²) in [7, 11) is -1.45. The highest BCUT2D eigenvalue weighted by atomic mass is 32.2. The van der Waals surface area contributed by atoms with Crippen molar-refractivity contribution in [2.45, 2.75) is 55.2 Å². The van der Waals surface area contributed by atoms with Crippen LogP contribution in [0, 0.1) is 0 Å². The molecule has 0 unspecified atom stereocenters. The zero-order valence-electron chi connectivity index (χ0n) is 16.7. The Kier molecular flexibility index (Phi) is 7.38. The van der Waals surface area contributed by atoms with Crippen molar-refractivity contribution >= 4 is 15.7 Å². The predicted molar refractivity (Wildman–Crippen MR) is 108 cm³/mol. The van der Waals surface area contributed by atoms with Crippen molar-refractivity contribution in [3.8, 4) is 0 Å². The highest BCUT2D eigenvalue weighted by Gasteiger charge is 2.22. The maximum absolute atomic E-state index is 12.4. The number of rotatable bonds is 9. The lowest BCUT2D eigenvalue weighted by Crippen LogP contribution is -2.35. The average Bonchev–Trinajstić information content (AvgIpc) is 3.20. The second kappa shape index (κ2) is 9.98. The van der Waals surface area contributed by atoms with Crippen molar-refractivity contribution in [3.63, 3.8) is 0 Å². The molecule has 1 fully saturated rings. The van der Waals surface area contributed by atoms with Gasteiger partial charge in [0.1, 0.15) is 5.75 Å². The lowest BCUT2D eigenvalue weighted by molar-refractivity contribution is 0.0906. The van der Waals surface area contributed by atoms with Gasteiger partial charge in [-0.3, -0.25) is 4.79 Å². The van der Waals surface area contributed by atoms with Crippen LogP contribution in [0.2, 0.25) is 0 Å². The Morgan fingerprint density at radius 2 is 1.93 bits per heavy atom. The molecule has 3 rings (SSSR count).